The lowest BCUT2D eigenvalue weighted by molar-refractivity contribution is -0.115. The molecule has 2 aromatic heterocycles. The van der Waals surface area contributed by atoms with Crippen molar-refractivity contribution in [2.24, 2.45) is 0 Å². The Hall–Kier alpha value is -3.00. The van der Waals surface area contributed by atoms with Gasteiger partial charge in [0.25, 0.3) is 11.8 Å². The van der Waals surface area contributed by atoms with Gasteiger partial charge < -0.3 is 9.73 Å². The van der Waals surface area contributed by atoms with Crippen molar-refractivity contribution in [2.75, 3.05) is 11.9 Å². The molecule has 7 nitrogen and oxygen atoms in total. The number of hydrogen-bond acceptors (Lipinski definition) is 6. The molecule has 3 aromatic rings. The summed E-state index contributed by atoms with van der Waals surface area (Å²) in [5.74, 6) is -0.449. The largest absolute Gasteiger partial charge is 0.403 e. The predicted octanol–water partition coefficient (Wildman–Crippen LogP) is 2.17. The summed E-state index contributed by atoms with van der Waals surface area (Å²) >= 11 is 1.50. The average molecular weight is 328 g/mol. The van der Waals surface area contributed by atoms with Crippen LogP contribution in [0, 0.1) is 0 Å². The number of anilines is 1. The lowest BCUT2D eigenvalue weighted by Gasteiger charge is -2.04. The zero-order valence-corrected chi connectivity index (χ0v) is 12.7. The maximum absolute atomic E-state index is 11.8. The van der Waals surface area contributed by atoms with Crippen LogP contribution in [-0.4, -0.2) is 28.6 Å². The molecule has 0 saturated carbocycles. The highest BCUT2D eigenvalue weighted by atomic mass is 32.1. The van der Waals surface area contributed by atoms with Gasteiger partial charge in [0.05, 0.1) is 6.54 Å². The van der Waals surface area contributed by atoms with E-state index in [1.807, 2.05) is 22.9 Å². The zero-order chi connectivity index (χ0) is 16.1. The molecular formula is C15H12N4O3S. The van der Waals surface area contributed by atoms with Crippen LogP contribution in [0.5, 0.6) is 0 Å². The molecule has 0 bridgehead atoms. The first-order valence-corrected chi connectivity index (χ1v) is 7.66. The minimum atomic E-state index is -0.449. The second-order valence-electron chi connectivity index (χ2n) is 4.52. The second-order valence-corrected chi connectivity index (χ2v) is 5.30. The summed E-state index contributed by atoms with van der Waals surface area (Å²) in [6.45, 7) is -0.191. The number of carbonyl (C=O) groups excluding carboxylic acids is 2. The van der Waals surface area contributed by atoms with Crippen LogP contribution < -0.4 is 10.6 Å². The fourth-order valence-electron chi connectivity index (χ4n) is 1.79. The van der Waals surface area contributed by atoms with Crippen molar-refractivity contribution in [3.63, 3.8) is 0 Å². The Morgan fingerprint density at radius 1 is 1.13 bits per heavy atom. The molecule has 0 fully saturated rings. The van der Waals surface area contributed by atoms with Crippen molar-refractivity contribution in [1.29, 1.82) is 0 Å². The van der Waals surface area contributed by atoms with Crippen molar-refractivity contribution in [1.82, 2.24) is 15.5 Å². The molecule has 0 spiro atoms. The Kier molecular flexibility index (Phi) is 4.44. The third-order valence-corrected chi connectivity index (χ3v) is 3.57. The number of amides is 2. The monoisotopic (exact) mass is 328 g/mol. The Morgan fingerprint density at radius 3 is 2.70 bits per heavy atom. The lowest BCUT2D eigenvalue weighted by Crippen LogP contribution is -2.32. The number of hydrogen-bond donors (Lipinski definition) is 2. The summed E-state index contributed by atoms with van der Waals surface area (Å²) in [6, 6.07) is 10.5. The minimum Gasteiger partial charge on any atom is -0.403 e. The molecule has 0 atom stereocenters. The Balaban J connectivity index is 1.53. The van der Waals surface area contributed by atoms with Crippen LogP contribution in [0.4, 0.5) is 6.01 Å². The van der Waals surface area contributed by atoms with Gasteiger partial charge in [-0.1, -0.05) is 23.3 Å². The van der Waals surface area contributed by atoms with Crippen molar-refractivity contribution >= 4 is 29.2 Å². The van der Waals surface area contributed by atoms with Crippen LogP contribution in [0.2, 0.25) is 0 Å². The van der Waals surface area contributed by atoms with Gasteiger partial charge in [0.2, 0.25) is 5.91 Å². The molecule has 0 radical (unpaired) electrons. The van der Waals surface area contributed by atoms with Gasteiger partial charge in [0.1, 0.15) is 0 Å². The maximum Gasteiger partial charge on any atom is 0.322 e. The van der Waals surface area contributed by atoms with Gasteiger partial charge in [0, 0.05) is 16.5 Å². The van der Waals surface area contributed by atoms with Crippen LogP contribution in [0.25, 0.3) is 11.5 Å². The zero-order valence-electron chi connectivity index (χ0n) is 11.9. The summed E-state index contributed by atoms with van der Waals surface area (Å²) in [5.41, 5.74) is 1.28. The van der Waals surface area contributed by atoms with Crippen molar-refractivity contribution in [3.05, 3.63) is 52.7 Å². The van der Waals surface area contributed by atoms with Crippen molar-refractivity contribution in [3.8, 4) is 11.5 Å². The van der Waals surface area contributed by atoms with Gasteiger partial charge in [0.15, 0.2) is 0 Å². The molecule has 0 aliphatic heterocycles. The first-order chi connectivity index (χ1) is 11.2. The first-order valence-electron chi connectivity index (χ1n) is 6.71. The number of benzene rings is 1. The highest BCUT2D eigenvalue weighted by Crippen LogP contribution is 2.21. The topological polar surface area (TPSA) is 97.1 Å². The van der Waals surface area contributed by atoms with Gasteiger partial charge in [-0.15, -0.1) is 5.10 Å². The number of nitrogens with zero attached hydrogens (tertiary/aromatic N) is 2. The van der Waals surface area contributed by atoms with Crippen molar-refractivity contribution < 1.29 is 14.0 Å². The highest BCUT2D eigenvalue weighted by Gasteiger charge is 2.12. The van der Waals surface area contributed by atoms with Crippen LogP contribution in [0.1, 0.15) is 10.4 Å². The third-order valence-electron chi connectivity index (χ3n) is 2.88. The normalized spacial score (nSPS) is 10.3. The number of rotatable bonds is 5. The van der Waals surface area contributed by atoms with E-state index in [9.17, 15) is 9.59 Å². The third kappa shape index (κ3) is 3.80. The van der Waals surface area contributed by atoms with Crippen LogP contribution in [0.15, 0.2) is 51.6 Å². The molecule has 3 rings (SSSR count). The van der Waals surface area contributed by atoms with E-state index in [-0.39, 0.29) is 18.5 Å². The van der Waals surface area contributed by atoms with Gasteiger partial charge in [-0.3, -0.25) is 14.9 Å². The maximum atomic E-state index is 11.8. The summed E-state index contributed by atoms with van der Waals surface area (Å²) in [4.78, 5) is 23.6. The van der Waals surface area contributed by atoms with E-state index in [2.05, 4.69) is 20.8 Å². The fourth-order valence-corrected chi connectivity index (χ4v) is 2.42. The Bertz CT molecular complexity index is 799. The van der Waals surface area contributed by atoms with Crippen LogP contribution >= 0.6 is 11.3 Å². The summed E-state index contributed by atoms with van der Waals surface area (Å²) in [5, 5.41) is 16.3. The molecule has 2 N–H and O–H groups in total. The molecule has 0 saturated heterocycles. The quantitative estimate of drug-likeness (QED) is 0.748. The lowest BCUT2D eigenvalue weighted by atomic mass is 10.2. The van der Waals surface area contributed by atoms with E-state index in [0.717, 1.165) is 5.56 Å². The van der Waals surface area contributed by atoms with Crippen LogP contribution in [-0.2, 0) is 4.79 Å². The van der Waals surface area contributed by atoms with E-state index in [0.29, 0.717) is 11.5 Å². The molecule has 0 aliphatic rings. The molecule has 0 aliphatic carbocycles. The number of aromatic nitrogens is 2. The van der Waals surface area contributed by atoms with E-state index in [1.54, 1.807) is 24.3 Å². The molecule has 2 amide bonds. The van der Waals surface area contributed by atoms with Crippen molar-refractivity contribution in [2.45, 2.75) is 0 Å². The molecule has 1 aromatic carbocycles. The van der Waals surface area contributed by atoms with E-state index in [4.69, 9.17) is 4.42 Å². The molecule has 23 heavy (non-hydrogen) atoms. The standard InChI is InChI=1S/C15H12N4O3S/c20-12(8-16-13(21)10-4-2-1-3-5-10)17-15-19-18-14(22-15)11-6-7-23-9-11/h1-7,9H,8H2,(H,16,21)(H,17,19,20). The molecule has 2 heterocycles. The van der Waals surface area contributed by atoms with Gasteiger partial charge in [-0.25, -0.2) is 0 Å². The fraction of sp³-hybridized carbons (Fsp3) is 0.0667. The number of thiophene rings is 1. The molecule has 8 heteroatoms. The van der Waals surface area contributed by atoms with Gasteiger partial charge in [-0.05, 0) is 23.6 Å². The summed E-state index contributed by atoms with van der Waals surface area (Å²) < 4.78 is 5.33. The summed E-state index contributed by atoms with van der Waals surface area (Å²) in [6.07, 6.45) is 0. The molecule has 0 unspecified atom stereocenters. The Morgan fingerprint density at radius 2 is 1.96 bits per heavy atom. The highest BCUT2D eigenvalue weighted by molar-refractivity contribution is 7.08. The average Bonchev–Trinajstić information content (AvgIpc) is 3.24. The number of nitrogens with one attached hydrogen (secondary N) is 2. The van der Waals surface area contributed by atoms with Gasteiger partial charge >= 0.3 is 6.01 Å². The first kappa shape index (κ1) is 14.9. The van der Waals surface area contributed by atoms with Crippen LogP contribution in [0.3, 0.4) is 0 Å². The van der Waals surface area contributed by atoms with Gasteiger partial charge in [-0.2, -0.15) is 11.3 Å². The second kappa shape index (κ2) is 6.84. The summed E-state index contributed by atoms with van der Waals surface area (Å²) in [7, 11) is 0. The molecule has 116 valence electrons. The minimum absolute atomic E-state index is 0.00911. The molecular weight excluding hydrogens is 316 g/mol. The van der Waals surface area contributed by atoms with E-state index >= 15 is 0 Å². The van der Waals surface area contributed by atoms with E-state index in [1.165, 1.54) is 11.3 Å². The SMILES string of the molecule is O=C(CNC(=O)c1ccccc1)Nc1nnc(-c2ccsc2)o1. The predicted molar refractivity (Wildman–Crippen MR) is 85.0 cm³/mol. The Labute approximate surface area is 135 Å². The number of carbonyl (C=O) groups is 2. The smallest absolute Gasteiger partial charge is 0.322 e. The van der Waals surface area contributed by atoms with E-state index < -0.39 is 5.91 Å².